The molecule has 0 saturated carbocycles. The van der Waals surface area contributed by atoms with E-state index in [0.29, 0.717) is 0 Å². The number of carbonyl (C=O) groups is 1. The van der Waals surface area contributed by atoms with Crippen LogP contribution in [-0.4, -0.2) is 48.7 Å². The lowest BCUT2D eigenvalue weighted by Crippen LogP contribution is -2.60. The number of hydrogen-bond donors (Lipinski definition) is 3. The second kappa shape index (κ2) is 7.80. The van der Waals surface area contributed by atoms with Crippen LogP contribution in [0.15, 0.2) is 54.6 Å². The van der Waals surface area contributed by atoms with Gasteiger partial charge in [0.2, 0.25) is 5.91 Å². The maximum atomic E-state index is 13.7. The summed E-state index contributed by atoms with van der Waals surface area (Å²) in [7, 11) is 0. The zero-order chi connectivity index (χ0) is 18.7. The van der Waals surface area contributed by atoms with E-state index >= 15 is 0 Å². The van der Waals surface area contributed by atoms with E-state index in [1.165, 1.54) is 5.56 Å². The number of rotatable bonds is 5. The molecule has 1 heterocycles. The summed E-state index contributed by atoms with van der Waals surface area (Å²) in [4.78, 5) is 16.0. The number of nitrogens with one attached hydrogen (secondary N) is 2. The number of amides is 1. The summed E-state index contributed by atoms with van der Waals surface area (Å²) in [5, 5.41) is 16.5. The SMILES string of the molecule is O=C(N[C@H](CO)c1ccccc1)[C@@]1(N2CCNCC2)CCc2ccccc21. The minimum atomic E-state index is -0.652. The molecule has 3 N–H and O–H groups in total. The fraction of sp³-hybridized carbons (Fsp3) is 0.409. The van der Waals surface area contributed by atoms with Gasteiger partial charge in [0.05, 0.1) is 12.6 Å². The van der Waals surface area contributed by atoms with Crippen LogP contribution in [-0.2, 0) is 16.8 Å². The molecule has 0 bridgehead atoms. The maximum Gasteiger partial charge on any atom is 0.245 e. The predicted molar refractivity (Wildman–Crippen MR) is 105 cm³/mol. The van der Waals surface area contributed by atoms with Crippen LogP contribution in [0.25, 0.3) is 0 Å². The van der Waals surface area contributed by atoms with Gasteiger partial charge in [0.25, 0.3) is 0 Å². The highest BCUT2D eigenvalue weighted by Gasteiger charge is 2.50. The van der Waals surface area contributed by atoms with E-state index in [9.17, 15) is 9.90 Å². The predicted octanol–water partition coefficient (Wildman–Crippen LogP) is 1.58. The minimum Gasteiger partial charge on any atom is -0.394 e. The molecule has 1 saturated heterocycles. The molecule has 5 heteroatoms. The number of nitrogens with zero attached hydrogens (tertiary/aromatic N) is 1. The molecule has 0 radical (unpaired) electrons. The molecule has 2 aromatic rings. The third-order valence-electron chi connectivity index (χ3n) is 5.94. The molecular formula is C22H27N3O2. The lowest BCUT2D eigenvalue weighted by atomic mass is 9.87. The van der Waals surface area contributed by atoms with Crippen molar-refractivity contribution in [1.29, 1.82) is 0 Å². The van der Waals surface area contributed by atoms with Crippen LogP contribution in [0.3, 0.4) is 0 Å². The maximum absolute atomic E-state index is 13.7. The highest BCUT2D eigenvalue weighted by molar-refractivity contribution is 5.89. The van der Waals surface area contributed by atoms with Crippen molar-refractivity contribution in [2.24, 2.45) is 0 Å². The van der Waals surface area contributed by atoms with E-state index in [0.717, 1.165) is 50.1 Å². The summed E-state index contributed by atoms with van der Waals surface area (Å²) in [6.07, 6.45) is 1.69. The third kappa shape index (κ3) is 3.27. The van der Waals surface area contributed by atoms with E-state index in [4.69, 9.17) is 0 Å². The second-order valence-electron chi connectivity index (χ2n) is 7.37. The van der Waals surface area contributed by atoms with E-state index < -0.39 is 11.6 Å². The standard InChI is InChI=1S/C22H27N3O2/c26-16-20(18-7-2-1-3-8-18)24-21(27)22(25-14-12-23-13-15-25)11-10-17-6-4-5-9-19(17)22/h1-9,20,23,26H,10-16H2,(H,24,27)/t20-,22-/m1/s1. The topological polar surface area (TPSA) is 64.6 Å². The Morgan fingerprint density at radius 1 is 1.11 bits per heavy atom. The van der Waals surface area contributed by atoms with Gasteiger partial charge in [0.15, 0.2) is 0 Å². The summed E-state index contributed by atoms with van der Waals surface area (Å²) in [6.45, 7) is 3.35. The zero-order valence-corrected chi connectivity index (χ0v) is 15.5. The molecule has 2 aliphatic rings. The van der Waals surface area contributed by atoms with Gasteiger partial charge in [-0.1, -0.05) is 54.6 Å². The molecule has 1 amide bonds. The number of benzene rings is 2. The highest BCUT2D eigenvalue weighted by Crippen LogP contribution is 2.42. The van der Waals surface area contributed by atoms with Crippen LogP contribution < -0.4 is 10.6 Å². The molecule has 2 aromatic carbocycles. The molecule has 0 spiro atoms. The van der Waals surface area contributed by atoms with E-state index in [1.54, 1.807) is 0 Å². The Morgan fingerprint density at radius 3 is 2.56 bits per heavy atom. The number of hydrogen-bond acceptors (Lipinski definition) is 4. The van der Waals surface area contributed by atoms with Crippen molar-refractivity contribution in [1.82, 2.24) is 15.5 Å². The molecule has 4 rings (SSSR count). The lowest BCUT2D eigenvalue weighted by molar-refractivity contribution is -0.136. The third-order valence-corrected chi connectivity index (χ3v) is 5.94. The van der Waals surface area contributed by atoms with E-state index in [-0.39, 0.29) is 12.5 Å². The molecular weight excluding hydrogens is 338 g/mol. The van der Waals surface area contributed by atoms with Gasteiger partial charge in [-0.05, 0) is 29.5 Å². The monoisotopic (exact) mass is 365 g/mol. The van der Waals surface area contributed by atoms with Gasteiger partial charge >= 0.3 is 0 Å². The Kier molecular flexibility index (Phi) is 5.25. The minimum absolute atomic E-state index is 0.00254. The summed E-state index contributed by atoms with van der Waals surface area (Å²) >= 11 is 0. The van der Waals surface area contributed by atoms with Gasteiger partial charge in [-0.3, -0.25) is 9.69 Å². The number of aryl methyl sites for hydroxylation is 1. The first-order chi connectivity index (χ1) is 13.3. The first-order valence-corrected chi connectivity index (χ1v) is 9.76. The second-order valence-corrected chi connectivity index (χ2v) is 7.37. The van der Waals surface area contributed by atoms with Gasteiger partial charge < -0.3 is 15.7 Å². The number of piperazine rings is 1. The summed E-state index contributed by atoms with van der Waals surface area (Å²) in [6, 6.07) is 17.6. The van der Waals surface area contributed by atoms with Crippen molar-refractivity contribution in [3.05, 3.63) is 71.3 Å². The van der Waals surface area contributed by atoms with Crippen LogP contribution in [0, 0.1) is 0 Å². The average molecular weight is 365 g/mol. The Labute approximate surface area is 160 Å². The Hall–Kier alpha value is -2.21. The number of aliphatic hydroxyl groups excluding tert-OH is 1. The summed E-state index contributed by atoms with van der Waals surface area (Å²) < 4.78 is 0. The molecule has 27 heavy (non-hydrogen) atoms. The van der Waals surface area contributed by atoms with Crippen molar-refractivity contribution in [2.75, 3.05) is 32.8 Å². The fourth-order valence-electron chi connectivity index (χ4n) is 4.54. The molecule has 1 aliphatic carbocycles. The first-order valence-electron chi connectivity index (χ1n) is 9.76. The Bertz CT molecular complexity index is 789. The number of aliphatic hydroxyl groups is 1. The number of fused-ring (bicyclic) bond motifs is 1. The number of carbonyl (C=O) groups excluding carboxylic acids is 1. The summed E-state index contributed by atoms with van der Waals surface area (Å²) in [5.74, 6) is -0.00254. The van der Waals surface area contributed by atoms with Crippen molar-refractivity contribution < 1.29 is 9.90 Å². The highest BCUT2D eigenvalue weighted by atomic mass is 16.3. The van der Waals surface area contributed by atoms with Crippen LogP contribution >= 0.6 is 0 Å². The first kappa shape index (κ1) is 18.2. The quantitative estimate of drug-likeness (QED) is 0.753. The molecule has 142 valence electrons. The average Bonchev–Trinajstić information content (AvgIpc) is 3.14. The van der Waals surface area contributed by atoms with Crippen molar-refractivity contribution in [2.45, 2.75) is 24.4 Å². The smallest absolute Gasteiger partial charge is 0.245 e. The van der Waals surface area contributed by atoms with Gasteiger partial charge in [-0.15, -0.1) is 0 Å². The van der Waals surface area contributed by atoms with Crippen LogP contribution in [0.5, 0.6) is 0 Å². The van der Waals surface area contributed by atoms with Crippen LogP contribution in [0.4, 0.5) is 0 Å². The Morgan fingerprint density at radius 2 is 1.81 bits per heavy atom. The Balaban J connectivity index is 1.68. The molecule has 0 aromatic heterocycles. The fourth-order valence-corrected chi connectivity index (χ4v) is 4.54. The molecule has 0 unspecified atom stereocenters. The van der Waals surface area contributed by atoms with Gasteiger partial charge in [0.1, 0.15) is 5.54 Å². The van der Waals surface area contributed by atoms with Crippen LogP contribution in [0.1, 0.15) is 29.2 Å². The summed E-state index contributed by atoms with van der Waals surface area (Å²) in [5.41, 5.74) is 2.65. The molecule has 2 atom stereocenters. The van der Waals surface area contributed by atoms with Crippen molar-refractivity contribution in [3.63, 3.8) is 0 Å². The van der Waals surface area contributed by atoms with Gasteiger partial charge in [0, 0.05) is 26.2 Å². The van der Waals surface area contributed by atoms with Gasteiger partial charge in [-0.25, -0.2) is 0 Å². The molecule has 1 fully saturated rings. The van der Waals surface area contributed by atoms with Gasteiger partial charge in [-0.2, -0.15) is 0 Å². The van der Waals surface area contributed by atoms with E-state index in [2.05, 4.69) is 27.7 Å². The lowest BCUT2D eigenvalue weighted by Gasteiger charge is -2.43. The van der Waals surface area contributed by atoms with E-state index in [1.807, 2.05) is 42.5 Å². The van der Waals surface area contributed by atoms with Crippen molar-refractivity contribution in [3.8, 4) is 0 Å². The molecule has 5 nitrogen and oxygen atoms in total. The zero-order valence-electron chi connectivity index (χ0n) is 15.5. The molecule has 1 aliphatic heterocycles. The largest absolute Gasteiger partial charge is 0.394 e. The van der Waals surface area contributed by atoms with Crippen molar-refractivity contribution >= 4 is 5.91 Å². The van der Waals surface area contributed by atoms with Crippen LogP contribution in [0.2, 0.25) is 0 Å². The normalized spacial score (nSPS) is 23.6.